The lowest BCUT2D eigenvalue weighted by Gasteiger charge is -2.36. The van der Waals surface area contributed by atoms with E-state index in [0.29, 0.717) is 56.6 Å². The van der Waals surface area contributed by atoms with Crippen molar-refractivity contribution in [3.05, 3.63) is 23.8 Å². The third-order valence-corrected chi connectivity index (χ3v) is 5.78. The van der Waals surface area contributed by atoms with Crippen LogP contribution in [0.3, 0.4) is 0 Å². The van der Waals surface area contributed by atoms with E-state index in [0.717, 1.165) is 12.8 Å². The monoisotopic (exact) mass is 390 g/mol. The van der Waals surface area contributed by atoms with E-state index in [1.807, 2.05) is 13.8 Å². The largest absolute Gasteiger partial charge is 0.490 e. The van der Waals surface area contributed by atoms with Crippen LogP contribution in [-0.4, -0.2) is 63.3 Å². The highest BCUT2D eigenvalue weighted by Gasteiger charge is 2.51. The lowest BCUT2D eigenvalue weighted by atomic mass is 9.72. The summed E-state index contributed by atoms with van der Waals surface area (Å²) in [7, 11) is 1.65. The Bertz CT molecular complexity index is 715. The number of hydrogen-bond acceptors (Lipinski definition) is 5. The minimum Gasteiger partial charge on any atom is -0.490 e. The molecule has 2 aliphatic heterocycles. The molecule has 7 heteroatoms. The molecular formula is C21H30N2O5. The molecule has 28 heavy (non-hydrogen) atoms. The third-order valence-electron chi connectivity index (χ3n) is 5.78. The van der Waals surface area contributed by atoms with Crippen LogP contribution in [0.1, 0.15) is 37.0 Å². The molecule has 2 heterocycles. The van der Waals surface area contributed by atoms with Gasteiger partial charge in [-0.3, -0.25) is 9.59 Å². The molecule has 2 aliphatic rings. The quantitative estimate of drug-likeness (QED) is 0.805. The van der Waals surface area contributed by atoms with Gasteiger partial charge >= 0.3 is 0 Å². The molecule has 7 nitrogen and oxygen atoms in total. The number of nitrogens with one attached hydrogen (secondary N) is 1. The summed E-state index contributed by atoms with van der Waals surface area (Å²) in [4.78, 5) is 27.5. The molecular weight excluding hydrogens is 360 g/mol. The molecule has 0 aromatic heterocycles. The molecule has 1 atom stereocenters. The molecule has 2 amide bonds. The molecule has 1 N–H and O–H groups in total. The second kappa shape index (κ2) is 8.82. The van der Waals surface area contributed by atoms with Crippen LogP contribution in [-0.2, 0) is 9.53 Å². The number of amides is 2. The number of carbonyl (C=O) groups excluding carboxylic acids is 2. The third kappa shape index (κ3) is 3.94. The fourth-order valence-corrected chi connectivity index (χ4v) is 4.31. The Labute approximate surface area is 166 Å². The standard InChI is InChI=1S/C21H30N2O5/c1-4-27-17-7-6-15(12-18(17)28-5-2)20(25)23-13-16(19(24)22-3)21(14-23)8-10-26-11-9-21/h6-7,12,16H,4-5,8-11,13-14H2,1-3H3,(H,22,24). The van der Waals surface area contributed by atoms with Gasteiger partial charge in [-0.05, 0) is 44.9 Å². The van der Waals surface area contributed by atoms with Gasteiger partial charge in [0.25, 0.3) is 5.91 Å². The molecule has 3 rings (SSSR count). The van der Waals surface area contributed by atoms with Crippen LogP contribution in [0.5, 0.6) is 11.5 Å². The average molecular weight is 390 g/mol. The van der Waals surface area contributed by atoms with Gasteiger partial charge in [0, 0.05) is 44.3 Å². The van der Waals surface area contributed by atoms with Gasteiger partial charge in [0.2, 0.25) is 5.91 Å². The fraction of sp³-hybridized carbons (Fsp3) is 0.619. The summed E-state index contributed by atoms with van der Waals surface area (Å²) in [5, 5.41) is 2.77. The Hall–Kier alpha value is -2.28. The minimum atomic E-state index is -0.209. The van der Waals surface area contributed by atoms with Gasteiger partial charge in [-0.1, -0.05) is 0 Å². The number of nitrogens with zero attached hydrogens (tertiary/aromatic N) is 1. The Morgan fingerprint density at radius 2 is 1.86 bits per heavy atom. The van der Waals surface area contributed by atoms with Crippen molar-refractivity contribution in [2.45, 2.75) is 26.7 Å². The van der Waals surface area contributed by atoms with Gasteiger partial charge in [-0.15, -0.1) is 0 Å². The summed E-state index contributed by atoms with van der Waals surface area (Å²) in [5.41, 5.74) is 0.342. The number of benzene rings is 1. The first-order chi connectivity index (χ1) is 13.5. The van der Waals surface area contributed by atoms with Crippen LogP contribution < -0.4 is 14.8 Å². The number of carbonyl (C=O) groups is 2. The molecule has 1 spiro atoms. The zero-order chi connectivity index (χ0) is 20.1. The van der Waals surface area contributed by atoms with Crippen LogP contribution in [0.25, 0.3) is 0 Å². The van der Waals surface area contributed by atoms with E-state index in [-0.39, 0.29) is 23.1 Å². The van der Waals surface area contributed by atoms with Crippen LogP contribution in [0.15, 0.2) is 18.2 Å². The van der Waals surface area contributed by atoms with E-state index < -0.39 is 0 Å². The Morgan fingerprint density at radius 1 is 1.18 bits per heavy atom. The van der Waals surface area contributed by atoms with Gasteiger partial charge < -0.3 is 24.4 Å². The van der Waals surface area contributed by atoms with E-state index in [1.54, 1.807) is 30.1 Å². The van der Waals surface area contributed by atoms with E-state index in [2.05, 4.69) is 5.32 Å². The van der Waals surface area contributed by atoms with Crippen LogP contribution in [0, 0.1) is 11.3 Å². The molecule has 1 unspecified atom stereocenters. The summed E-state index contributed by atoms with van der Waals surface area (Å²) in [6.45, 7) is 7.08. The minimum absolute atomic E-state index is 0.00102. The van der Waals surface area contributed by atoms with Crippen molar-refractivity contribution in [1.82, 2.24) is 10.2 Å². The van der Waals surface area contributed by atoms with Crippen LogP contribution >= 0.6 is 0 Å². The number of hydrogen-bond donors (Lipinski definition) is 1. The van der Waals surface area contributed by atoms with E-state index >= 15 is 0 Å². The van der Waals surface area contributed by atoms with Gasteiger partial charge in [0.1, 0.15) is 0 Å². The number of rotatable bonds is 6. The highest BCUT2D eigenvalue weighted by molar-refractivity contribution is 5.96. The molecule has 0 bridgehead atoms. The maximum Gasteiger partial charge on any atom is 0.254 e. The van der Waals surface area contributed by atoms with E-state index in [9.17, 15) is 9.59 Å². The SMILES string of the molecule is CCOc1ccc(C(=O)N2CC(C(=O)NC)C3(CCOCC3)C2)cc1OCC. The zero-order valence-corrected chi connectivity index (χ0v) is 17.0. The molecule has 0 aliphatic carbocycles. The van der Waals surface area contributed by atoms with Crippen molar-refractivity contribution in [3.63, 3.8) is 0 Å². The summed E-state index contributed by atoms with van der Waals surface area (Å²) < 4.78 is 16.8. The Balaban J connectivity index is 1.84. The highest BCUT2D eigenvalue weighted by atomic mass is 16.5. The smallest absolute Gasteiger partial charge is 0.254 e. The molecule has 0 radical (unpaired) electrons. The first kappa shape index (κ1) is 20.5. The lowest BCUT2D eigenvalue weighted by Crippen LogP contribution is -2.43. The maximum absolute atomic E-state index is 13.2. The van der Waals surface area contributed by atoms with Crippen LogP contribution in [0.4, 0.5) is 0 Å². The Kier molecular flexibility index (Phi) is 6.44. The molecule has 1 aromatic rings. The van der Waals surface area contributed by atoms with Gasteiger partial charge in [0.05, 0.1) is 19.1 Å². The number of ether oxygens (including phenoxy) is 3. The van der Waals surface area contributed by atoms with E-state index in [1.165, 1.54) is 0 Å². The van der Waals surface area contributed by atoms with Crippen LogP contribution in [0.2, 0.25) is 0 Å². The average Bonchev–Trinajstić information content (AvgIpc) is 3.07. The first-order valence-electron chi connectivity index (χ1n) is 10.0. The molecule has 0 saturated carbocycles. The highest BCUT2D eigenvalue weighted by Crippen LogP contribution is 2.45. The summed E-state index contributed by atoms with van der Waals surface area (Å²) in [6.07, 6.45) is 1.59. The molecule has 1 aromatic carbocycles. The van der Waals surface area contributed by atoms with Crippen molar-refractivity contribution in [3.8, 4) is 11.5 Å². The first-order valence-corrected chi connectivity index (χ1v) is 10.0. The molecule has 154 valence electrons. The van der Waals surface area contributed by atoms with Crippen molar-refractivity contribution in [2.24, 2.45) is 11.3 Å². The van der Waals surface area contributed by atoms with Gasteiger partial charge in [-0.25, -0.2) is 0 Å². The second-order valence-electron chi connectivity index (χ2n) is 7.35. The predicted octanol–water partition coefficient (Wildman–Crippen LogP) is 2.10. The van der Waals surface area contributed by atoms with Gasteiger partial charge in [-0.2, -0.15) is 0 Å². The lowest BCUT2D eigenvalue weighted by molar-refractivity contribution is -0.129. The number of likely N-dealkylation sites (tertiary alicyclic amines) is 1. The normalized spacial score (nSPS) is 20.8. The fourth-order valence-electron chi connectivity index (χ4n) is 4.31. The van der Waals surface area contributed by atoms with Crippen molar-refractivity contribution >= 4 is 11.8 Å². The summed E-state index contributed by atoms with van der Waals surface area (Å²) in [5.74, 6) is 0.907. The van der Waals surface area contributed by atoms with Gasteiger partial charge in [0.15, 0.2) is 11.5 Å². The zero-order valence-electron chi connectivity index (χ0n) is 17.0. The topological polar surface area (TPSA) is 77.1 Å². The summed E-state index contributed by atoms with van der Waals surface area (Å²) in [6, 6.07) is 5.28. The predicted molar refractivity (Wildman–Crippen MR) is 105 cm³/mol. The Morgan fingerprint density at radius 3 is 2.50 bits per heavy atom. The molecule has 2 fully saturated rings. The van der Waals surface area contributed by atoms with Crippen molar-refractivity contribution < 1.29 is 23.8 Å². The van der Waals surface area contributed by atoms with E-state index in [4.69, 9.17) is 14.2 Å². The molecule has 2 saturated heterocycles. The van der Waals surface area contributed by atoms with Crippen molar-refractivity contribution in [1.29, 1.82) is 0 Å². The maximum atomic E-state index is 13.2. The van der Waals surface area contributed by atoms with Crippen molar-refractivity contribution in [2.75, 3.05) is 46.6 Å². The summed E-state index contributed by atoms with van der Waals surface area (Å²) >= 11 is 0. The second-order valence-corrected chi connectivity index (χ2v) is 7.35.